The van der Waals surface area contributed by atoms with Crippen molar-refractivity contribution < 1.29 is 22.8 Å². The maximum Gasteiger partial charge on any atom is 0.416 e. The second-order valence-electron chi connectivity index (χ2n) is 13.4. The second-order valence-corrected chi connectivity index (χ2v) is 13.4. The van der Waals surface area contributed by atoms with Gasteiger partial charge in [0.15, 0.2) is 0 Å². The zero-order valence-electron chi connectivity index (χ0n) is 22.5. The Morgan fingerprint density at radius 1 is 0.564 bits per heavy atom. The number of fused-ring (bicyclic) bond motifs is 6. The van der Waals surface area contributed by atoms with Crippen LogP contribution in [-0.4, -0.2) is 11.6 Å². The molecule has 0 bridgehead atoms. The van der Waals surface area contributed by atoms with Gasteiger partial charge in [-0.2, -0.15) is 13.2 Å². The van der Waals surface area contributed by atoms with Crippen LogP contribution in [0.15, 0.2) is 48.5 Å². The van der Waals surface area contributed by atoms with Crippen LogP contribution in [0.3, 0.4) is 0 Å². The van der Waals surface area contributed by atoms with Crippen molar-refractivity contribution in [2.24, 2.45) is 47.3 Å². The number of ketones is 2. The van der Waals surface area contributed by atoms with E-state index in [9.17, 15) is 22.8 Å². The summed E-state index contributed by atoms with van der Waals surface area (Å²) in [5.74, 6) is 3.27. The van der Waals surface area contributed by atoms with Crippen LogP contribution in [0.5, 0.6) is 0 Å². The van der Waals surface area contributed by atoms with Crippen molar-refractivity contribution in [2.75, 3.05) is 0 Å². The van der Waals surface area contributed by atoms with Crippen molar-refractivity contribution in [3.63, 3.8) is 0 Å². The number of benzene rings is 2. The fourth-order valence-electron chi connectivity index (χ4n) is 9.87. The van der Waals surface area contributed by atoms with Gasteiger partial charge in [0.05, 0.1) is 5.56 Å². The van der Waals surface area contributed by atoms with Crippen molar-refractivity contribution in [2.45, 2.75) is 76.3 Å². The molecule has 2 aromatic rings. The van der Waals surface area contributed by atoms with E-state index in [0.29, 0.717) is 41.2 Å². The van der Waals surface area contributed by atoms with Crippen LogP contribution >= 0.6 is 0 Å². The van der Waals surface area contributed by atoms with Crippen molar-refractivity contribution in [3.05, 3.63) is 70.8 Å². The molecular formula is C34H37F3O2. The normalized spacial score (nSPS) is 39.6. The van der Waals surface area contributed by atoms with Gasteiger partial charge in [0.25, 0.3) is 0 Å². The number of hydrogen-bond acceptors (Lipinski definition) is 2. The Balaban J connectivity index is 1.05. The molecule has 5 saturated carbocycles. The Morgan fingerprint density at radius 3 is 1.41 bits per heavy atom. The van der Waals surface area contributed by atoms with Crippen LogP contribution in [0.2, 0.25) is 0 Å². The number of aryl methyl sites for hydroxylation is 1. The molecule has 0 radical (unpaired) electrons. The lowest BCUT2D eigenvalue weighted by Crippen LogP contribution is -2.35. The van der Waals surface area contributed by atoms with E-state index in [2.05, 4.69) is 31.2 Å². The molecule has 5 aliphatic carbocycles. The molecule has 10 unspecified atom stereocenters. The third-order valence-corrected chi connectivity index (χ3v) is 11.7. The molecule has 39 heavy (non-hydrogen) atoms. The Bertz CT molecular complexity index is 1260. The minimum Gasteiger partial charge on any atom is -0.299 e. The summed E-state index contributed by atoms with van der Waals surface area (Å²) >= 11 is 0. The lowest BCUT2D eigenvalue weighted by Gasteiger charge is -2.40. The van der Waals surface area contributed by atoms with Gasteiger partial charge in [-0.3, -0.25) is 9.59 Å². The van der Waals surface area contributed by atoms with E-state index < -0.39 is 11.7 Å². The molecule has 0 heterocycles. The summed E-state index contributed by atoms with van der Waals surface area (Å²) in [5, 5.41) is 0. The van der Waals surface area contributed by atoms with Crippen molar-refractivity contribution >= 4 is 11.6 Å². The van der Waals surface area contributed by atoms with Gasteiger partial charge in [-0.1, -0.05) is 42.0 Å². The lowest BCUT2D eigenvalue weighted by atomic mass is 9.63. The molecule has 0 aliphatic heterocycles. The number of halogens is 3. The minimum absolute atomic E-state index is 0.00282. The first-order valence-electron chi connectivity index (χ1n) is 15.0. The van der Waals surface area contributed by atoms with Crippen LogP contribution in [0.25, 0.3) is 0 Å². The van der Waals surface area contributed by atoms with E-state index in [1.807, 2.05) is 0 Å². The molecule has 2 aromatic carbocycles. The summed E-state index contributed by atoms with van der Waals surface area (Å²) in [5.41, 5.74) is 2.93. The van der Waals surface area contributed by atoms with Gasteiger partial charge in [0, 0.05) is 23.7 Å². The number of alkyl halides is 3. The summed E-state index contributed by atoms with van der Waals surface area (Å²) in [6.45, 7) is 2.11. The second kappa shape index (κ2) is 9.31. The van der Waals surface area contributed by atoms with Crippen LogP contribution < -0.4 is 0 Å². The predicted octanol–water partition coefficient (Wildman–Crippen LogP) is 8.14. The summed E-state index contributed by atoms with van der Waals surface area (Å²) in [7, 11) is 0. The van der Waals surface area contributed by atoms with Crippen LogP contribution in [0.1, 0.15) is 85.5 Å². The highest BCUT2D eigenvalue weighted by atomic mass is 19.4. The zero-order valence-corrected chi connectivity index (χ0v) is 22.5. The van der Waals surface area contributed by atoms with Crippen molar-refractivity contribution in [1.82, 2.24) is 0 Å². The molecule has 5 heteroatoms. The lowest BCUT2D eigenvalue weighted by molar-refractivity contribution is -0.137. The average Bonchev–Trinajstić information content (AvgIpc) is 3.37. The van der Waals surface area contributed by atoms with Crippen LogP contribution in [0.4, 0.5) is 13.2 Å². The fraction of sp³-hybridized carbons (Fsp3) is 0.588. The zero-order chi connectivity index (χ0) is 27.1. The summed E-state index contributed by atoms with van der Waals surface area (Å²) < 4.78 is 39.1. The first-order valence-corrected chi connectivity index (χ1v) is 15.0. The van der Waals surface area contributed by atoms with Gasteiger partial charge in [-0.05, 0) is 117 Å². The van der Waals surface area contributed by atoms with Gasteiger partial charge in [-0.15, -0.1) is 0 Å². The SMILES string of the molecule is Cc1ccc(C2CCC3C(C2)C(=O)C2CC4C(CC23)C(=O)C2CC(c3ccc(C(F)(F)F)cc3)CCC24)cc1. The largest absolute Gasteiger partial charge is 0.416 e. The average molecular weight is 535 g/mol. The van der Waals surface area contributed by atoms with Gasteiger partial charge < -0.3 is 0 Å². The van der Waals surface area contributed by atoms with Crippen LogP contribution in [-0.2, 0) is 15.8 Å². The summed E-state index contributed by atoms with van der Waals surface area (Å²) in [6, 6.07) is 14.4. The Labute approximate surface area is 228 Å². The summed E-state index contributed by atoms with van der Waals surface area (Å²) in [4.78, 5) is 27.6. The molecule has 5 aliphatic rings. The molecule has 206 valence electrons. The monoisotopic (exact) mass is 534 g/mol. The maximum atomic E-state index is 13.8. The van der Waals surface area contributed by atoms with Gasteiger partial charge >= 0.3 is 6.18 Å². The third kappa shape index (κ3) is 4.21. The molecule has 2 nitrogen and oxygen atoms in total. The summed E-state index contributed by atoms with van der Waals surface area (Å²) in [6.07, 6.45) is 3.21. The van der Waals surface area contributed by atoms with E-state index in [-0.39, 0.29) is 29.6 Å². The van der Waals surface area contributed by atoms with Gasteiger partial charge in [0.2, 0.25) is 0 Å². The highest BCUT2D eigenvalue weighted by Crippen LogP contribution is 2.62. The third-order valence-electron chi connectivity index (χ3n) is 11.7. The fourth-order valence-corrected chi connectivity index (χ4v) is 9.87. The predicted molar refractivity (Wildman–Crippen MR) is 143 cm³/mol. The number of hydrogen-bond donors (Lipinski definition) is 0. The standard InChI is InChI=1S/C34H37F3O2/c1-18-2-4-19(5-3-18)21-8-12-24-26-16-31-27(17-30(26)32(38)28(24)14-21)25-13-9-22(15-29(25)33(31)39)20-6-10-23(11-7-20)34(35,36)37/h2-7,10-11,21-22,24-31H,8-9,12-17H2,1H3. The van der Waals surface area contributed by atoms with E-state index in [4.69, 9.17) is 0 Å². The highest BCUT2D eigenvalue weighted by Gasteiger charge is 2.61. The molecular weight excluding hydrogens is 497 g/mol. The molecule has 0 spiro atoms. The Kier molecular flexibility index (Phi) is 6.10. The van der Waals surface area contributed by atoms with Crippen LogP contribution in [0, 0.1) is 54.3 Å². The number of carbonyl (C=O) groups is 2. The molecule has 5 fully saturated rings. The van der Waals surface area contributed by atoms with E-state index in [1.54, 1.807) is 12.1 Å². The van der Waals surface area contributed by atoms with Gasteiger partial charge in [-0.25, -0.2) is 0 Å². The Morgan fingerprint density at radius 2 is 0.974 bits per heavy atom. The molecule has 0 aromatic heterocycles. The topological polar surface area (TPSA) is 34.1 Å². The molecule has 0 N–H and O–H groups in total. The number of Topliss-reactive ketones (excluding diaryl/α,β-unsaturated/α-hetero) is 2. The quantitative estimate of drug-likeness (QED) is 0.390. The highest BCUT2D eigenvalue weighted by molar-refractivity contribution is 5.90. The smallest absolute Gasteiger partial charge is 0.299 e. The van der Waals surface area contributed by atoms with E-state index in [1.165, 1.54) is 23.3 Å². The number of carbonyl (C=O) groups excluding carboxylic acids is 2. The molecule has 10 atom stereocenters. The Hall–Kier alpha value is -2.43. The molecule has 0 saturated heterocycles. The van der Waals surface area contributed by atoms with E-state index in [0.717, 1.165) is 56.9 Å². The minimum atomic E-state index is -4.33. The first kappa shape index (κ1) is 25.5. The first-order chi connectivity index (χ1) is 18.7. The molecule has 7 rings (SSSR count). The molecule has 0 amide bonds. The van der Waals surface area contributed by atoms with Crippen molar-refractivity contribution in [3.8, 4) is 0 Å². The van der Waals surface area contributed by atoms with E-state index >= 15 is 0 Å². The van der Waals surface area contributed by atoms with Crippen molar-refractivity contribution in [1.29, 1.82) is 0 Å². The maximum absolute atomic E-state index is 13.8. The van der Waals surface area contributed by atoms with Gasteiger partial charge in [0.1, 0.15) is 11.6 Å². The number of rotatable bonds is 2.